The molecule has 3 aromatic carbocycles. The van der Waals surface area contributed by atoms with Crippen LogP contribution in [0.25, 0.3) is 0 Å². The summed E-state index contributed by atoms with van der Waals surface area (Å²) in [5.74, 6) is 0.372. The molecule has 3 rings (SSSR count). The molecule has 3 aromatic rings. The number of halogens is 1. The molecule has 3 N–H and O–H groups in total. The molecule has 33 heavy (non-hydrogen) atoms. The normalized spacial score (nSPS) is 11.7. The number of aromatic hydroxyl groups is 1. The Morgan fingerprint density at radius 3 is 2.55 bits per heavy atom. The van der Waals surface area contributed by atoms with Crippen LogP contribution in [0.5, 0.6) is 11.5 Å². The number of ether oxygens (including phenoxy) is 1. The van der Waals surface area contributed by atoms with E-state index in [2.05, 4.69) is 15.2 Å². The van der Waals surface area contributed by atoms with Gasteiger partial charge in [0.1, 0.15) is 17.2 Å². The molecule has 0 saturated carbocycles. The Hall–Kier alpha value is -3.83. The van der Waals surface area contributed by atoms with Crippen molar-refractivity contribution in [1.82, 2.24) is 0 Å². The Bertz CT molecular complexity index is 1340. The Morgan fingerprint density at radius 2 is 1.91 bits per heavy atom. The summed E-state index contributed by atoms with van der Waals surface area (Å²) in [7, 11) is -2.65. The van der Waals surface area contributed by atoms with Crippen molar-refractivity contribution >= 4 is 44.4 Å². The molecule has 0 aliphatic rings. The van der Waals surface area contributed by atoms with Crippen molar-refractivity contribution in [3.05, 3.63) is 81.4 Å². The number of anilines is 2. The lowest BCUT2D eigenvalue weighted by Gasteiger charge is -2.10. The molecule has 0 bridgehead atoms. The minimum Gasteiger partial charge on any atom is -0.507 e. The van der Waals surface area contributed by atoms with Crippen LogP contribution in [0.4, 0.5) is 17.1 Å². The van der Waals surface area contributed by atoms with E-state index in [1.807, 2.05) is 0 Å². The second kappa shape index (κ2) is 9.76. The molecule has 0 aromatic heterocycles. The zero-order valence-corrected chi connectivity index (χ0v) is 19.0. The van der Waals surface area contributed by atoms with Crippen LogP contribution in [-0.2, 0) is 10.0 Å². The van der Waals surface area contributed by atoms with Gasteiger partial charge in [-0.1, -0.05) is 17.7 Å². The minimum absolute atomic E-state index is 0.0333. The number of benzene rings is 3. The third kappa shape index (κ3) is 5.70. The minimum atomic E-state index is -4.11. The fraction of sp³-hybridized carbons (Fsp3) is 0.0952. The van der Waals surface area contributed by atoms with Crippen LogP contribution in [0.1, 0.15) is 12.5 Å². The molecule has 0 atom stereocenters. The van der Waals surface area contributed by atoms with Crippen molar-refractivity contribution in [2.45, 2.75) is 11.8 Å². The van der Waals surface area contributed by atoms with Gasteiger partial charge in [-0.25, -0.2) is 8.42 Å². The number of rotatable bonds is 8. The standard InChI is InChI=1S/C21H19ClN4O6S/c1-13(18-8-6-16(32-2)11-21(18)27)23-24-19-9-7-17(12-20(19)26(28)29)33(30,31)25-15-5-3-4-14(22)10-15/h3-12,24-25,27H,1-2H3/b23-13+. The van der Waals surface area contributed by atoms with Crippen LogP contribution in [0.15, 0.2) is 70.7 Å². The number of nitrogens with one attached hydrogen (secondary N) is 2. The van der Waals surface area contributed by atoms with Crippen molar-refractivity contribution in [2.24, 2.45) is 5.10 Å². The van der Waals surface area contributed by atoms with Gasteiger partial charge >= 0.3 is 0 Å². The highest BCUT2D eigenvalue weighted by Crippen LogP contribution is 2.30. The SMILES string of the molecule is COc1ccc(/C(C)=N/Nc2ccc(S(=O)(=O)Nc3cccc(Cl)c3)cc2[N+](=O)[O-])c(O)c1. The first-order valence-electron chi connectivity index (χ1n) is 9.35. The van der Waals surface area contributed by atoms with Gasteiger partial charge in [0, 0.05) is 22.7 Å². The average Bonchev–Trinajstić information content (AvgIpc) is 2.76. The lowest BCUT2D eigenvalue weighted by atomic mass is 10.1. The van der Waals surface area contributed by atoms with E-state index >= 15 is 0 Å². The molecular formula is C21H19ClN4O6S. The Labute approximate surface area is 194 Å². The summed E-state index contributed by atoms with van der Waals surface area (Å²) >= 11 is 5.87. The van der Waals surface area contributed by atoms with E-state index in [4.69, 9.17) is 16.3 Å². The maximum atomic E-state index is 12.7. The molecule has 0 heterocycles. The number of nitro benzene ring substituents is 1. The molecule has 0 radical (unpaired) electrons. The molecule has 0 aliphatic heterocycles. The van der Waals surface area contributed by atoms with E-state index in [0.717, 1.165) is 6.07 Å². The van der Waals surface area contributed by atoms with Gasteiger partial charge in [-0.2, -0.15) is 5.10 Å². The lowest BCUT2D eigenvalue weighted by molar-refractivity contribution is -0.384. The maximum absolute atomic E-state index is 12.7. The van der Waals surface area contributed by atoms with Gasteiger partial charge in [-0.05, 0) is 49.4 Å². The van der Waals surface area contributed by atoms with Crippen LogP contribution < -0.4 is 14.9 Å². The van der Waals surface area contributed by atoms with E-state index in [-0.39, 0.29) is 22.0 Å². The molecule has 0 fully saturated rings. The monoisotopic (exact) mass is 490 g/mol. The second-order valence-electron chi connectivity index (χ2n) is 6.74. The highest BCUT2D eigenvalue weighted by molar-refractivity contribution is 7.92. The number of nitro groups is 1. The molecule has 0 saturated heterocycles. The number of hydrazone groups is 1. The third-order valence-corrected chi connectivity index (χ3v) is 6.11. The first-order valence-corrected chi connectivity index (χ1v) is 11.2. The van der Waals surface area contributed by atoms with Crippen molar-refractivity contribution in [3.8, 4) is 11.5 Å². The average molecular weight is 491 g/mol. The number of nitrogens with zero attached hydrogens (tertiary/aromatic N) is 2. The number of sulfonamides is 1. The predicted octanol–water partition coefficient (Wildman–Crippen LogP) is 4.60. The van der Waals surface area contributed by atoms with Crippen LogP contribution in [0.2, 0.25) is 5.02 Å². The van der Waals surface area contributed by atoms with Gasteiger partial charge < -0.3 is 9.84 Å². The number of hydrogen-bond acceptors (Lipinski definition) is 8. The van der Waals surface area contributed by atoms with Crippen LogP contribution in [0, 0.1) is 10.1 Å². The van der Waals surface area contributed by atoms with Crippen LogP contribution in [0.3, 0.4) is 0 Å². The van der Waals surface area contributed by atoms with E-state index in [1.54, 1.807) is 31.2 Å². The lowest BCUT2D eigenvalue weighted by Crippen LogP contribution is -2.13. The van der Waals surface area contributed by atoms with Gasteiger partial charge in [-0.15, -0.1) is 0 Å². The Balaban J connectivity index is 1.88. The summed E-state index contributed by atoms with van der Waals surface area (Å²) in [6, 6.07) is 14.0. The molecule has 0 amide bonds. The van der Waals surface area contributed by atoms with Crippen molar-refractivity contribution in [2.75, 3.05) is 17.3 Å². The zero-order valence-electron chi connectivity index (χ0n) is 17.4. The molecule has 0 spiro atoms. The number of methoxy groups -OCH3 is 1. The smallest absolute Gasteiger partial charge is 0.295 e. The first-order chi connectivity index (χ1) is 15.6. The van der Waals surface area contributed by atoms with Gasteiger partial charge in [0.05, 0.1) is 28.3 Å². The number of phenols is 1. The quantitative estimate of drug-likeness (QED) is 0.238. The highest BCUT2D eigenvalue weighted by atomic mass is 35.5. The second-order valence-corrected chi connectivity index (χ2v) is 8.86. The number of phenolic OH excluding ortho intramolecular Hbond substituents is 1. The van der Waals surface area contributed by atoms with Crippen molar-refractivity contribution in [1.29, 1.82) is 0 Å². The topological polar surface area (TPSA) is 143 Å². The van der Waals surface area contributed by atoms with Gasteiger partial charge in [0.15, 0.2) is 0 Å². The summed E-state index contributed by atoms with van der Waals surface area (Å²) in [5, 5.41) is 26.1. The Kier molecular flexibility index (Phi) is 7.04. The predicted molar refractivity (Wildman–Crippen MR) is 126 cm³/mol. The molecule has 0 aliphatic carbocycles. The largest absolute Gasteiger partial charge is 0.507 e. The van der Waals surface area contributed by atoms with Gasteiger partial charge in [-0.3, -0.25) is 20.3 Å². The van der Waals surface area contributed by atoms with Crippen molar-refractivity contribution in [3.63, 3.8) is 0 Å². The summed E-state index contributed by atoms with van der Waals surface area (Å²) in [5.41, 5.74) is 2.96. The molecule has 0 unspecified atom stereocenters. The fourth-order valence-corrected chi connectivity index (χ4v) is 4.10. The molecule has 172 valence electrons. The van der Waals surface area contributed by atoms with Gasteiger partial charge in [0.2, 0.25) is 0 Å². The third-order valence-electron chi connectivity index (χ3n) is 4.49. The summed E-state index contributed by atoms with van der Waals surface area (Å²) in [6.07, 6.45) is 0. The highest BCUT2D eigenvalue weighted by Gasteiger charge is 2.22. The van der Waals surface area contributed by atoms with E-state index in [9.17, 15) is 23.6 Å². The van der Waals surface area contributed by atoms with Crippen molar-refractivity contribution < 1.29 is 23.2 Å². The fourth-order valence-electron chi connectivity index (χ4n) is 2.84. The molecule has 10 nitrogen and oxygen atoms in total. The van der Waals surface area contributed by atoms with E-state index in [0.29, 0.717) is 22.0 Å². The molecular weight excluding hydrogens is 472 g/mol. The van der Waals surface area contributed by atoms with E-state index in [1.165, 1.54) is 37.4 Å². The van der Waals surface area contributed by atoms with Crippen LogP contribution in [-0.4, -0.2) is 31.3 Å². The van der Waals surface area contributed by atoms with Crippen LogP contribution >= 0.6 is 11.6 Å². The maximum Gasteiger partial charge on any atom is 0.295 e. The van der Waals surface area contributed by atoms with E-state index < -0.39 is 20.6 Å². The number of hydrogen-bond donors (Lipinski definition) is 3. The zero-order chi connectivity index (χ0) is 24.2. The summed E-state index contributed by atoms with van der Waals surface area (Å²) < 4.78 is 32.7. The summed E-state index contributed by atoms with van der Waals surface area (Å²) in [6.45, 7) is 1.59. The first kappa shape index (κ1) is 23.8. The summed E-state index contributed by atoms with van der Waals surface area (Å²) in [4.78, 5) is 10.5. The molecule has 12 heteroatoms. The Morgan fingerprint density at radius 1 is 1.15 bits per heavy atom. The van der Waals surface area contributed by atoms with Gasteiger partial charge in [0.25, 0.3) is 15.7 Å².